The maximum absolute atomic E-state index is 13.7. The van der Waals surface area contributed by atoms with Crippen molar-refractivity contribution in [3.63, 3.8) is 0 Å². The van der Waals surface area contributed by atoms with Crippen LogP contribution in [-0.4, -0.2) is 27.4 Å². The van der Waals surface area contributed by atoms with Crippen LogP contribution in [0.4, 0.5) is 19.3 Å². The maximum atomic E-state index is 13.7. The van der Waals surface area contributed by atoms with Gasteiger partial charge in [0.1, 0.15) is 23.1 Å². The van der Waals surface area contributed by atoms with Gasteiger partial charge in [-0.25, -0.2) is 18.6 Å². The zero-order chi connectivity index (χ0) is 18.7. The Morgan fingerprint density at radius 2 is 1.85 bits per heavy atom. The van der Waals surface area contributed by atoms with Crippen molar-refractivity contribution in [2.45, 2.75) is 13.5 Å². The molecule has 0 aliphatic carbocycles. The van der Waals surface area contributed by atoms with E-state index in [4.69, 9.17) is 0 Å². The molecule has 0 aliphatic heterocycles. The molecule has 2 aromatic carbocycles. The maximum Gasteiger partial charge on any atom is 0.322 e. The summed E-state index contributed by atoms with van der Waals surface area (Å²) >= 11 is 0. The van der Waals surface area contributed by atoms with Gasteiger partial charge in [0.2, 0.25) is 0 Å². The smallest absolute Gasteiger partial charge is 0.317 e. The summed E-state index contributed by atoms with van der Waals surface area (Å²) in [6.07, 6.45) is 0. The van der Waals surface area contributed by atoms with Crippen LogP contribution in [0.5, 0.6) is 0 Å². The van der Waals surface area contributed by atoms with Gasteiger partial charge in [-0.3, -0.25) is 4.79 Å². The van der Waals surface area contributed by atoms with Crippen molar-refractivity contribution in [1.82, 2.24) is 14.9 Å². The summed E-state index contributed by atoms with van der Waals surface area (Å²) in [4.78, 5) is 32.7. The van der Waals surface area contributed by atoms with Crippen LogP contribution in [0.1, 0.15) is 12.7 Å². The molecule has 0 saturated heterocycles. The summed E-state index contributed by atoms with van der Waals surface area (Å²) < 4.78 is 27.4. The molecule has 8 heteroatoms. The summed E-state index contributed by atoms with van der Waals surface area (Å²) in [5.74, 6) is -1.46. The van der Waals surface area contributed by atoms with Crippen LogP contribution in [0, 0.1) is 11.6 Å². The van der Waals surface area contributed by atoms with E-state index in [0.717, 1.165) is 12.1 Å². The highest BCUT2D eigenvalue weighted by atomic mass is 19.1. The number of aromatic nitrogens is 2. The zero-order valence-corrected chi connectivity index (χ0v) is 13.9. The molecule has 2 N–H and O–H groups in total. The number of H-pyrrole nitrogens is 1. The van der Waals surface area contributed by atoms with E-state index in [0.29, 0.717) is 10.9 Å². The number of nitrogens with zero attached hydrogens (tertiary/aromatic N) is 2. The molecule has 26 heavy (non-hydrogen) atoms. The van der Waals surface area contributed by atoms with Crippen LogP contribution >= 0.6 is 0 Å². The summed E-state index contributed by atoms with van der Waals surface area (Å²) in [5.41, 5.74) is -0.332. The van der Waals surface area contributed by atoms with E-state index in [-0.39, 0.29) is 24.5 Å². The molecule has 0 unspecified atom stereocenters. The van der Waals surface area contributed by atoms with Gasteiger partial charge in [0.05, 0.1) is 17.4 Å². The lowest BCUT2D eigenvalue weighted by atomic mass is 10.2. The molecular formula is C18H16F2N4O2. The Morgan fingerprint density at radius 3 is 2.54 bits per heavy atom. The van der Waals surface area contributed by atoms with Crippen molar-refractivity contribution in [2.24, 2.45) is 0 Å². The first-order valence-corrected chi connectivity index (χ1v) is 7.97. The normalized spacial score (nSPS) is 10.7. The van der Waals surface area contributed by atoms with Crippen LogP contribution in [0.25, 0.3) is 10.9 Å². The van der Waals surface area contributed by atoms with Crippen LogP contribution in [0.3, 0.4) is 0 Å². The Balaban J connectivity index is 1.83. The van der Waals surface area contributed by atoms with Gasteiger partial charge < -0.3 is 15.2 Å². The van der Waals surface area contributed by atoms with Gasteiger partial charge in [0.25, 0.3) is 5.56 Å². The highest BCUT2D eigenvalue weighted by Crippen LogP contribution is 2.18. The number of benzene rings is 2. The monoisotopic (exact) mass is 358 g/mol. The minimum atomic E-state index is -0.869. The van der Waals surface area contributed by atoms with Crippen molar-refractivity contribution < 1.29 is 13.6 Å². The third-order valence-corrected chi connectivity index (χ3v) is 3.87. The van der Waals surface area contributed by atoms with E-state index in [1.54, 1.807) is 31.2 Å². The number of urea groups is 1. The first-order valence-electron chi connectivity index (χ1n) is 7.97. The minimum absolute atomic E-state index is 0.0154. The number of carbonyl (C=O) groups is 1. The summed E-state index contributed by atoms with van der Waals surface area (Å²) in [6.45, 7) is 1.94. The van der Waals surface area contributed by atoms with Crippen molar-refractivity contribution in [3.05, 3.63) is 70.3 Å². The van der Waals surface area contributed by atoms with E-state index < -0.39 is 23.4 Å². The lowest BCUT2D eigenvalue weighted by molar-refractivity contribution is 0.210. The first kappa shape index (κ1) is 17.5. The summed E-state index contributed by atoms with van der Waals surface area (Å²) in [7, 11) is 0. The third-order valence-electron chi connectivity index (χ3n) is 3.87. The molecule has 6 nitrogen and oxygen atoms in total. The van der Waals surface area contributed by atoms with Crippen LogP contribution in [-0.2, 0) is 6.54 Å². The third kappa shape index (κ3) is 3.53. The Hall–Kier alpha value is -3.29. The fraction of sp³-hybridized carbons (Fsp3) is 0.167. The molecular weight excluding hydrogens is 342 g/mol. The number of carbonyl (C=O) groups excluding carboxylic acids is 1. The van der Waals surface area contributed by atoms with Gasteiger partial charge in [0.15, 0.2) is 0 Å². The highest BCUT2D eigenvalue weighted by Gasteiger charge is 2.18. The average molecular weight is 358 g/mol. The van der Waals surface area contributed by atoms with Crippen LogP contribution < -0.4 is 10.9 Å². The van der Waals surface area contributed by atoms with Crippen molar-refractivity contribution in [1.29, 1.82) is 0 Å². The predicted molar refractivity (Wildman–Crippen MR) is 93.8 cm³/mol. The number of anilines is 1. The first-order chi connectivity index (χ1) is 12.5. The van der Waals surface area contributed by atoms with Gasteiger partial charge in [0, 0.05) is 6.54 Å². The van der Waals surface area contributed by atoms with Gasteiger partial charge in [-0.1, -0.05) is 18.2 Å². The highest BCUT2D eigenvalue weighted by molar-refractivity contribution is 5.89. The molecule has 0 bridgehead atoms. The van der Waals surface area contributed by atoms with Gasteiger partial charge in [-0.15, -0.1) is 0 Å². The number of rotatable bonds is 4. The molecule has 0 saturated carbocycles. The van der Waals surface area contributed by atoms with Gasteiger partial charge in [-0.05, 0) is 31.2 Å². The van der Waals surface area contributed by atoms with Crippen molar-refractivity contribution >= 4 is 22.6 Å². The molecule has 0 aliphatic rings. The van der Waals surface area contributed by atoms with Crippen molar-refractivity contribution in [3.8, 4) is 0 Å². The SMILES string of the molecule is CCN(Cc1nc2ccccc2c(=O)[nH]1)C(=O)Nc1c(F)cccc1F. The van der Waals surface area contributed by atoms with Crippen LogP contribution in [0.15, 0.2) is 47.3 Å². The standard InChI is InChI=1S/C18H16F2N4O2/c1-2-24(18(26)23-16-12(19)7-5-8-13(16)20)10-15-21-14-9-4-3-6-11(14)17(25)22-15/h3-9H,2,10H2,1H3,(H,23,26)(H,21,22,25). The van der Waals surface area contributed by atoms with E-state index in [1.165, 1.54) is 11.0 Å². The topological polar surface area (TPSA) is 78.1 Å². The number of hydrogen-bond acceptors (Lipinski definition) is 3. The Morgan fingerprint density at radius 1 is 1.15 bits per heavy atom. The average Bonchev–Trinajstić information content (AvgIpc) is 2.63. The zero-order valence-electron chi connectivity index (χ0n) is 13.9. The number of para-hydroxylation sites is 2. The fourth-order valence-corrected chi connectivity index (χ4v) is 2.52. The molecule has 1 heterocycles. The molecule has 0 spiro atoms. The van der Waals surface area contributed by atoms with E-state index in [9.17, 15) is 18.4 Å². The number of hydrogen-bond donors (Lipinski definition) is 2. The predicted octanol–water partition coefficient (Wildman–Crippen LogP) is 3.26. The molecule has 1 aromatic heterocycles. The Bertz CT molecular complexity index is 999. The lowest BCUT2D eigenvalue weighted by Gasteiger charge is -2.21. The molecule has 0 atom stereocenters. The largest absolute Gasteiger partial charge is 0.322 e. The molecule has 134 valence electrons. The summed E-state index contributed by atoms with van der Waals surface area (Å²) in [6, 6.07) is 9.44. The molecule has 3 aromatic rings. The Labute approximate surface area is 147 Å². The van der Waals surface area contributed by atoms with Crippen LogP contribution in [0.2, 0.25) is 0 Å². The Kier molecular flexibility index (Phi) is 4.92. The second-order valence-electron chi connectivity index (χ2n) is 5.57. The molecule has 0 fully saturated rings. The van der Waals surface area contributed by atoms with E-state index in [1.807, 2.05) is 0 Å². The number of halogens is 2. The fourth-order valence-electron chi connectivity index (χ4n) is 2.52. The second-order valence-corrected chi connectivity index (χ2v) is 5.57. The second kappa shape index (κ2) is 7.30. The van der Waals surface area contributed by atoms with Crippen molar-refractivity contribution in [2.75, 3.05) is 11.9 Å². The molecule has 3 rings (SSSR count). The van der Waals surface area contributed by atoms with Gasteiger partial charge >= 0.3 is 6.03 Å². The summed E-state index contributed by atoms with van der Waals surface area (Å²) in [5, 5.41) is 2.66. The minimum Gasteiger partial charge on any atom is -0.317 e. The number of amides is 2. The molecule has 2 amide bonds. The van der Waals surface area contributed by atoms with E-state index in [2.05, 4.69) is 15.3 Å². The molecule has 0 radical (unpaired) electrons. The quantitative estimate of drug-likeness (QED) is 0.751. The lowest BCUT2D eigenvalue weighted by Crippen LogP contribution is -2.35. The van der Waals surface area contributed by atoms with Gasteiger partial charge in [-0.2, -0.15) is 0 Å². The number of aromatic amines is 1. The number of fused-ring (bicyclic) bond motifs is 1. The van der Waals surface area contributed by atoms with E-state index >= 15 is 0 Å². The number of nitrogens with one attached hydrogen (secondary N) is 2.